The Morgan fingerprint density at radius 3 is 2.29 bits per heavy atom. The van der Waals surface area contributed by atoms with Crippen molar-refractivity contribution in [3.63, 3.8) is 0 Å². The van der Waals surface area contributed by atoms with Gasteiger partial charge in [-0.1, -0.05) is 0 Å². The molecule has 1 aromatic heterocycles. The lowest BCUT2D eigenvalue weighted by Gasteiger charge is -2.06. The molecule has 0 aliphatic rings. The molecule has 0 bridgehead atoms. The molecule has 0 unspecified atom stereocenters. The normalized spacial score (nSPS) is 11.2. The summed E-state index contributed by atoms with van der Waals surface area (Å²) in [7, 11) is -3.33. The van der Waals surface area contributed by atoms with Crippen LogP contribution in [0.5, 0.6) is 0 Å². The van der Waals surface area contributed by atoms with E-state index >= 15 is 0 Å². The number of carbonyl (C=O) groups is 1. The molecular formula is C13H16N4O3S. The lowest BCUT2D eigenvalue weighted by Crippen LogP contribution is -2.13. The number of amides is 1. The summed E-state index contributed by atoms with van der Waals surface area (Å²) in [5.41, 5.74) is 2.58. The van der Waals surface area contributed by atoms with E-state index in [2.05, 4.69) is 20.2 Å². The van der Waals surface area contributed by atoms with Gasteiger partial charge in [-0.3, -0.25) is 14.6 Å². The van der Waals surface area contributed by atoms with Gasteiger partial charge in [0, 0.05) is 22.5 Å². The van der Waals surface area contributed by atoms with Crippen molar-refractivity contribution in [2.24, 2.45) is 0 Å². The van der Waals surface area contributed by atoms with Gasteiger partial charge in [-0.05, 0) is 38.1 Å². The van der Waals surface area contributed by atoms with Crippen LogP contribution in [0.2, 0.25) is 0 Å². The maximum absolute atomic E-state index is 12.1. The van der Waals surface area contributed by atoms with Gasteiger partial charge in [0.25, 0.3) is 5.91 Å². The minimum atomic E-state index is -3.33. The minimum absolute atomic E-state index is 0.310. The van der Waals surface area contributed by atoms with Gasteiger partial charge in [-0.25, -0.2) is 8.42 Å². The van der Waals surface area contributed by atoms with Crippen LogP contribution in [-0.2, 0) is 10.0 Å². The first-order chi connectivity index (χ1) is 9.76. The van der Waals surface area contributed by atoms with E-state index in [0.717, 1.165) is 17.5 Å². The van der Waals surface area contributed by atoms with Crippen molar-refractivity contribution in [3.05, 3.63) is 41.1 Å². The number of nitrogens with zero attached hydrogens (tertiary/aromatic N) is 1. The molecule has 112 valence electrons. The zero-order chi connectivity index (χ0) is 15.6. The summed E-state index contributed by atoms with van der Waals surface area (Å²) >= 11 is 0. The topological polar surface area (TPSA) is 104 Å². The van der Waals surface area contributed by atoms with Gasteiger partial charge in [0.15, 0.2) is 5.82 Å². The molecule has 0 aliphatic heterocycles. The summed E-state index contributed by atoms with van der Waals surface area (Å²) in [6.07, 6.45) is 1.07. The highest BCUT2D eigenvalue weighted by Crippen LogP contribution is 2.16. The van der Waals surface area contributed by atoms with Crippen LogP contribution in [-0.4, -0.2) is 30.8 Å². The number of rotatable bonds is 4. The van der Waals surface area contributed by atoms with Crippen molar-refractivity contribution in [2.75, 3.05) is 16.3 Å². The van der Waals surface area contributed by atoms with Crippen LogP contribution in [0, 0.1) is 13.8 Å². The van der Waals surface area contributed by atoms with Crippen LogP contribution in [0.25, 0.3) is 0 Å². The van der Waals surface area contributed by atoms with Gasteiger partial charge in [0.05, 0.1) is 6.26 Å². The predicted octanol–water partition coefficient (Wildman–Crippen LogP) is 1.65. The maximum Gasteiger partial charge on any atom is 0.256 e. The van der Waals surface area contributed by atoms with Crippen molar-refractivity contribution in [1.29, 1.82) is 0 Å². The lowest BCUT2D eigenvalue weighted by atomic mass is 10.2. The fourth-order valence-electron chi connectivity index (χ4n) is 1.69. The molecular weight excluding hydrogens is 292 g/mol. The first kappa shape index (κ1) is 15.0. The minimum Gasteiger partial charge on any atom is -0.305 e. The average molecular weight is 308 g/mol. The number of hydrogen-bond acceptors (Lipinski definition) is 4. The van der Waals surface area contributed by atoms with Gasteiger partial charge in [0.2, 0.25) is 10.0 Å². The molecule has 2 rings (SSSR count). The fourth-order valence-corrected chi connectivity index (χ4v) is 2.25. The molecule has 0 spiro atoms. The molecule has 0 aliphatic carbocycles. The van der Waals surface area contributed by atoms with Gasteiger partial charge >= 0.3 is 0 Å². The summed E-state index contributed by atoms with van der Waals surface area (Å²) in [5.74, 6) is 0.173. The lowest BCUT2D eigenvalue weighted by molar-refractivity contribution is 0.102. The van der Waals surface area contributed by atoms with Crippen molar-refractivity contribution in [3.8, 4) is 0 Å². The molecule has 21 heavy (non-hydrogen) atoms. The number of sulfonamides is 1. The zero-order valence-electron chi connectivity index (χ0n) is 11.9. The third kappa shape index (κ3) is 3.82. The Balaban J connectivity index is 2.11. The molecule has 0 saturated carbocycles. The Morgan fingerprint density at radius 2 is 1.81 bits per heavy atom. The highest BCUT2D eigenvalue weighted by molar-refractivity contribution is 7.92. The standard InChI is InChI=1S/C13H16N4O3S/c1-8-9(2)15-16-12(8)14-13(18)10-4-6-11(7-5-10)17-21(3,19)20/h4-7,17H,1-3H3,(H2,14,15,16,18). The fraction of sp³-hybridized carbons (Fsp3) is 0.231. The SMILES string of the molecule is Cc1[nH]nc(NC(=O)c2ccc(NS(C)(=O)=O)cc2)c1C. The summed E-state index contributed by atoms with van der Waals surface area (Å²) in [6.45, 7) is 3.72. The second-order valence-corrected chi connectivity index (χ2v) is 6.48. The first-order valence-electron chi connectivity index (χ1n) is 6.17. The Hall–Kier alpha value is -2.35. The van der Waals surface area contributed by atoms with Crippen LogP contribution in [0.4, 0.5) is 11.5 Å². The largest absolute Gasteiger partial charge is 0.305 e. The summed E-state index contributed by atoms with van der Waals surface area (Å²) in [5, 5.41) is 9.48. The van der Waals surface area contributed by atoms with E-state index in [4.69, 9.17) is 0 Å². The number of nitrogens with one attached hydrogen (secondary N) is 3. The quantitative estimate of drug-likeness (QED) is 0.798. The van der Waals surface area contributed by atoms with Crippen molar-refractivity contribution in [2.45, 2.75) is 13.8 Å². The van der Waals surface area contributed by atoms with Gasteiger partial charge in [-0.2, -0.15) is 5.10 Å². The van der Waals surface area contributed by atoms with Crippen molar-refractivity contribution in [1.82, 2.24) is 10.2 Å². The van der Waals surface area contributed by atoms with Crippen LogP contribution in [0.1, 0.15) is 21.6 Å². The third-order valence-electron chi connectivity index (χ3n) is 2.94. The Bertz CT molecular complexity index is 763. The van der Waals surface area contributed by atoms with E-state index in [1.54, 1.807) is 0 Å². The highest BCUT2D eigenvalue weighted by Gasteiger charge is 2.11. The Morgan fingerprint density at radius 1 is 1.19 bits per heavy atom. The molecule has 0 fully saturated rings. The maximum atomic E-state index is 12.1. The van der Waals surface area contributed by atoms with Crippen LogP contribution in [0.3, 0.4) is 0 Å². The van der Waals surface area contributed by atoms with Crippen LogP contribution >= 0.6 is 0 Å². The Kier molecular flexibility index (Phi) is 3.99. The highest BCUT2D eigenvalue weighted by atomic mass is 32.2. The zero-order valence-corrected chi connectivity index (χ0v) is 12.7. The van der Waals surface area contributed by atoms with E-state index in [1.807, 2.05) is 13.8 Å². The van der Waals surface area contributed by atoms with Crippen molar-refractivity contribution >= 4 is 27.4 Å². The van der Waals surface area contributed by atoms with Crippen molar-refractivity contribution < 1.29 is 13.2 Å². The van der Waals surface area contributed by atoms with E-state index in [1.165, 1.54) is 24.3 Å². The number of aryl methyl sites for hydroxylation is 1. The second kappa shape index (κ2) is 5.57. The van der Waals surface area contributed by atoms with Gasteiger partial charge in [-0.15, -0.1) is 0 Å². The molecule has 1 amide bonds. The molecule has 0 saturated heterocycles. The molecule has 1 aromatic carbocycles. The summed E-state index contributed by atoms with van der Waals surface area (Å²) in [4.78, 5) is 12.1. The molecule has 0 radical (unpaired) electrons. The summed E-state index contributed by atoms with van der Waals surface area (Å²) < 4.78 is 24.5. The van der Waals surface area contributed by atoms with E-state index in [-0.39, 0.29) is 5.91 Å². The predicted molar refractivity (Wildman–Crippen MR) is 80.9 cm³/mol. The molecule has 8 heteroatoms. The number of H-pyrrole nitrogens is 1. The number of benzene rings is 1. The average Bonchev–Trinajstić information content (AvgIpc) is 2.69. The molecule has 3 N–H and O–H groups in total. The third-order valence-corrected chi connectivity index (χ3v) is 3.54. The van der Waals surface area contributed by atoms with E-state index < -0.39 is 10.0 Å². The molecule has 7 nitrogen and oxygen atoms in total. The summed E-state index contributed by atoms with van der Waals surface area (Å²) in [6, 6.07) is 6.13. The molecule has 0 atom stereocenters. The number of aromatic nitrogens is 2. The number of hydrogen-bond donors (Lipinski definition) is 3. The van der Waals surface area contributed by atoms with Crippen LogP contribution in [0.15, 0.2) is 24.3 Å². The van der Waals surface area contributed by atoms with Crippen LogP contribution < -0.4 is 10.0 Å². The first-order valence-corrected chi connectivity index (χ1v) is 8.06. The van der Waals surface area contributed by atoms with Gasteiger partial charge in [0.1, 0.15) is 0 Å². The monoisotopic (exact) mass is 308 g/mol. The number of carbonyl (C=O) groups excluding carboxylic acids is 1. The number of aromatic amines is 1. The van der Waals surface area contributed by atoms with E-state index in [0.29, 0.717) is 17.1 Å². The smallest absolute Gasteiger partial charge is 0.256 e. The second-order valence-electron chi connectivity index (χ2n) is 4.73. The Labute approximate surface area is 122 Å². The molecule has 2 aromatic rings. The number of anilines is 2. The van der Waals surface area contributed by atoms with E-state index in [9.17, 15) is 13.2 Å². The van der Waals surface area contributed by atoms with Gasteiger partial charge < -0.3 is 5.32 Å². The molecule has 1 heterocycles.